The summed E-state index contributed by atoms with van der Waals surface area (Å²) >= 11 is 0. The number of phenols is 1. The van der Waals surface area contributed by atoms with E-state index >= 15 is 0 Å². The molecule has 1 heterocycles. The number of fused-ring (bicyclic) bond motifs is 1. The number of pyridine rings is 1. The first-order valence-electron chi connectivity index (χ1n) is 8.62. The predicted octanol–water partition coefficient (Wildman–Crippen LogP) is 6.22. The summed E-state index contributed by atoms with van der Waals surface area (Å²) in [5, 5.41) is 10.3. The second kappa shape index (κ2) is 13.1. The van der Waals surface area contributed by atoms with E-state index in [1.807, 2.05) is 91.0 Å². The molecule has 0 spiro atoms. The van der Waals surface area contributed by atoms with E-state index in [0.717, 1.165) is 5.39 Å². The van der Waals surface area contributed by atoms with Crippen molar-refractivity contribution in [3.63, 3.8) is 0 Å². The van der Waals surface area contributed by atoms with Crippen molar-refractivity contribution < 1.29 is 5.11 Å². The number of para-hydroxylation sites is 1. The van der Waals surface area contributed by atoms with Gasteiger partial charge in [-0.1, -0.05) is 104 Å². The molecule has 4 rings (SSSR count). The molecule has 3 aromatic carbocycles. The van der Waals surface area contributed by atoms with Gasteiger partial charge in [0.05, 0.1) is 0 Å². The molecule has 0 radical (unpaired) electrons. The van der Waals surface area contributed by atoms with Crippen LogP contribution in [0.5, 0.6) is 5.75 Å². The van der Waals surface area contributed by atoms with Gasteiger partial charge in [-0.3, -0.25) is 4.98 Å². The molecule has 0 bridgehead atoms. The summed E-state index contributed by atoms with van der Waals surface area (Å²) < 4.78 is 0. The van der Waals surface area contributed by atoms with Crippen LogP contribution in [0.4, 0.5) is 0 Å². The van der Waals surface area contributed by atoms with Crippen LogP contribution in [0.25, 0.3) is 23.1 Å². The van der Waals surface area contributed by atoms with Gasteiger partial charge in [0, 0.05) is 11.6 Å². The Labute approximate surface area is 177 Å². The zero-order valence-corrected chi connectivity index (χ0v) is 16.9. The summed E-state index contributed by atoms with van der Waals surface area (Å²) in [5.41, 5.74) is 3.01. The van der Waals surface area contributed by atoms with Gasteiger partial charge in [-0.2, -0.15) is 0 Å². The SMILES string of the molecule is C=Cc1ccccc1.C=Cc1ccccc1.Oc1cccc2cccnc12.[Al+3]. The monoisotopic (exact) mass is 380 g/mol. The van der Waals surface area contributed by atoms with Gasteiger partial charge in [0.15, 0.2) is 0 Å². The van der Waals surface area contributed by atoms with Crippen LogP contribution in [0.1, 0.15) is 11.1 Å². The molecule has 0 saturated carbocycles. The van der Waals surface area contributed by atoms with Crippen molar-refractivity contribution in [2.75, 3.05) is 0 Å². The minimum absolute atomic E-state index is 0. The zero-order valence-electron chi connectivity index (χ0n) is 15.8. The third kappa shape index (κ3) is 7.64. The van der Waals surface area contributed by atoms with Crippen molar-refractivity contribution >= 4 is 40.4 Å². The molecule has 1 N–H and O–H groups in total. The molecule has 0 amide bonds. The first-order valence-corrected chi connectivity index (χ1v) is 8.62. The maximum atomic E-state index is 9.31. The normalized spacial score (nSPS) is 8.86. The second-order valence-corrected chi connectivity index (χ2v) is 5.58. The molecular weight excluding hydrogens is 357 g/mol. The number of hydrogen-bond acceptors (Lipinski definition) is 2. The van der Waals surface area contributed by atoms with Crippen molar-refractivity contribution in [1.82, 2.24) is 4.98 Å². The number of aromatic hydroxyl groups is 1. The summed E-state index contributed by atoms with van der Waals surface area (Å²) in [5.74, 6) is 0.239. The van der Waals surface area contributed by atoms with E-state index in [9.17, 15) is 5.11 Å². The average molecular weight is 380 g/mol. The third-order valence-corrected chi connectivity index (χ3v) is 3.68. The van der Waals surface area contributed by atoms with Gasteiger partial charge in [-0.15, -0.1) is 0 Å². The maximum Gasteiger partial charge on any atom is 3.00 e. The largest absolute Gasteiger partial charge is 3.00 e. The van der Waals surface area contributed by atoms with E-state index in [2.05, 4.69) is 18.1 Å². The van der Waals surface area contributed by atoms with Gasteiger partial charge in [0.25, 0.3) is 0 Å². The molecule has 0 unspecified atom stereocenters. The van der Waals surface area contributed by atoms with Crippen LogP contribution in [0, 0.1) is 0 Å². The standard InChI is InChI=1S/C9H7NO.2C8H8.Al/c11-8-5-1-3-7-4-2-6-10-9(7)8;2*1-2-8-6-4-3-5-7-8;/h1-6,11H;2*2-7H,1H2;/q;;;+3. The molecule has 0 saturated heterocycles. The van der Waals surface area contributed by atoms with Gasteiger partial charge >= 0.3 is 17.4 Å². The van der Waals surface area contributed by atoms with Crippen LogP contribution in [0.15, 0.2) is 110 Å². The Bertz CT molecular complexity index is 920. The molecule has 0 atom stereocenters. The summed E-state index contributed by atoms with van der Waals surface area (Å²) in [7, 11) is 0. The molecule has 28 heavy (non-hydrogen) atoms. The summed E-state index contributed by atoms with van der Waals surface area (Å²) in [6.07, 6.45) is 5.34. The van der Waals surface area contributed by atoms with Crippen molar-refractivity contribution in [3.05, 3.63) is 121 Å². The van der Waals surface area contributed by atoms with Crippen LogP contribution in [-0.2, 0) is 0 Å². The number of hydrogen-bond donors (Lipinski definition) is 1. The smallest absolute Gasteiger partial charge is 0.506 e. The Kier molecular flexibility index (Phi) is 10.7. The van der Waals surface area contributed by atoms with E-state index in [1.165, 1.54) is 11.1 Å². The molecule has 3 heteroatoms. The van der Waals surface area contributed by atoms with Crippen LogP contribution < -0.4 is 0 Å². The Balaban J connectivity index is 0.000000211. The van der Waals surface area contributed by atoms with Crippen molar-refractivity contribution in [2.45, 2.75) is 0 Å². The van der Waals surface area contributed by atoms with E-state index in [1.54, 1.807) is 18.3 Å². The summed E-state index contributed by atoms with van der Waals surface area (Å²) in [6.45, 7) is 7.26. The number of nitrogens with zero attached hydrogens (tertiary/aromatic N) is 1. The first kappa shape index (κ1) is 22.9. The topological polar surface area (TPSA) is 33.1 Å². The Hall–Kier alpha value is -3.12. The average Bonchev–Trinajstić information content (AvgIpc) is 2.76. The number of benzene rings is 3. The summed E-state index contributed by atoms with van der Waals surface area (Å²) in [6, 6.07) is 29.2. The van der Waals surface area contributed by atoms with Crippen molar-refractivity contribution in [1.29, 1.82) is 0 Å². The molecule has 4 aromatic rings. The van der Waals surface area contributed by atoms with Gasteiger partial charge < -0.3 is 5.11 Å². The fraction of sp³-hybridized carbons (Fsp3) is 0. The predicted molar refractivity (Wildman–Crippen MR) is 122 cm³/mol. The quantitative estimate of drug-likeness (QED) is 0.419. The van der Waals surface area contributed by atoms with E-state index in [-0.39, 0.29) is 23.1 Å². The van der Waals surface area contributed by atoms with Gasteiger partial charge in [-0.05, 0) is 23.3 Å². The van der Waals surface area contributed by atoms with E-state index < -0.39 is 0 Å². The fourth-order valence-corrected chi connectivity index (χ4v) is 2.27. The first-order chi connectivity index (χ1) is 13.2. The molecule has 0 aliphatic carbocycles. The van der Waals surface area contributed by atoms with Gasteiger partial charge in [0.2, 0.25) is 0 Å². The Morgan fingerprint density at radius 3 is 1.57 bits per heavy atom. The molecule has 134 valence electrons. The minimum atomic E-state index is 0. The zero-order chi connectivity index (χ0) is 19.3. The molecule has 2 nitrogen and oxygen atoms in total. The van der Waals surface area contributed by atoms with Gasteiger partial charge in [0.1, 0.15) is 11.3 Å². The molecule has 1 aromatic heterocycles. The second-order valence-electron chi connectivity index (χ2n) is 5.58. The number of phenolic OH excluding ortho intramolecular Hbond substituents is 1. The van der Waals surface area contributed by atoms with Crippen molar-refractivity contribution in [2.24, 2.45) is 0 Å². The molecule has 0 aliphatic heterocycles. The van der Waals surface area contributed by atoms with E-state index in [4.69, 9.17) is 0 Å². The van der Waals surface area contributed by atoms with Crippen LogP contribution in [0.3, 0.4) is 0 Å². The number of aromatic nitrogens is 1. The minimum Gasteiger partial charge on any atom is -0.506 e. The van der Waals surface area contributed by atoms with Crippen molar-refractivity contribution in [3.8, 4) is 5.75 Å². The van der Waals surface area contributed by atoms with Crippen LogP contribution in [-0.4, -0.2) is 27.5 Å². The van der Waals surface area contributed by atoms with Crippen LogP contribution in [0.2, 0.25) is 0 Å². The molecule has 0 aliphatic rings. The fourth-order valence-electron chi connectivity index (χ4n) is 2.27. The van der Waals surface area contributed by atoms with E-state index in [0.29, 0.717) is 5.52 Å². The summed E-state index contributed by atoms with van der Waals surface area (Å²) in [4.78, 5) is 4.03. The molecule has 0 fully saturated rings. The Morgan fingerprint density at radius 1 is 0.643 bits per heavy atom. The van der Waals surface area contributed by atoms with Crippen LogP contribution >= 0.6 is 0 Å². The Morgan fingerprint density at radius 2 is 1.14 bits per heavy atom. The van der Waals surface area contributed by atoms with Gasteiger partial charge in [-0.25, -0.2) is 0 Å². The molecular formula is C25H23AlNO+3. The third-order valence-electron chi connectivity index (χ3n) is 3.68. The number of rotatable bonds is 2. The maximum absolute atomic E-state index is 9.31.